The van der Waals surface area contributed by atoms with E-state index in [2.05, 4.69) is 33.0 Å². The molecule has 0 aromatic carbocycles. The van der Waals surface area contributed by atoms with E-state index in [4.69, 9.17) is 0 Å². The molecule has 2 nitrogen and oxygen atoms in total. The predicted octanol–water partition coefficient (Wildman–Crippen LogP) is 2.27. The van der Waals surface area contributed by atoms with Crippen LogP contribution >= 0.6 is 11.8 Å². The summed E-state index contributed by atoms with van der Waals surface area (Å²) >= 11 is 1.94. The van der Waals surface area contributed by atoms with Gasteiger partial charge in [-0.3, -0.25) is 0 Å². The summed E-state index contributed by atoms with van der Waals surface area (Å²) in [6.07, 6.45) is 2.31. The fourth-order valence-electron chi connectivity index (χ4n) is 1.02. The average Bonchev–Trinajstić information content (AvgIpc) is 2.23. The van der Waals surface area contributed by atoms with E-state index < -0.39 is 0 Å². The molecule has 0 aliphatic rings. The third-order valence-electron chi connectivity index (χ3n) is 2.41. The van der Waals surface area contributed by atoms with Gasteiger partial charge in [0.25, 0.3) is 0 Å². The second-order valence-corrected chi connectivity index (χ2v) is 5.60. The van der Waals surface area contributed by atoms with Gasteiger partial charge in [0.1, 0.15) is 0 Å². The van der Waals surface area contributed by atoms with E-state index in [-0.39, 0.29) is 12.1 Å². The van der Waals surface area contributed by atoms with Gasteiger partial charge in [-0.15, -0.1) is 0 Å². The topological polar surface area (TPSA) is 32.3 Å². The molecule has 0 aliphatic carbocycles. The lowest BCUT2D eigenvalue weighted by Crippen LogP contribution is -2.48. The molecular weight excluding hydrogens is 194 g/mol. The molecule has 0 rings (SSSR count). The Morgan fingerprint density at radius 3 is 2.50 bits per heavy atom. The first-order valence-electron chi connectivity index (χ1n) is 5.55. The minimum Gasteiger partial charge on any atom is -0.394 e. The fourth-order valence-corrected chi connectivity index (χ4v) is 2.10. The highest BCUT2D eigenvalue weighted by Gasteiger charge is 2.22. The summed E-state index contributed by atoms with van der Waals surface area (Å²) in [4.78, 5) is 0. The van der Waals surface area contributed by atoms with Crippen LogP contribution in [0.15, 0.2) is 0 Å². The van der Waals surface area contributed by atoms with Crippen molar-refractivity contribution in [1.82, 2.24) is 5.32 Å². The zero-order valence-corrected chi connectivity index (χ0v) is 10.8. The molecule has 0 amide bonds. The largest absolute Gasteiger partial charge is 0.394 e. The van der Waals surface area contributed by atoms with Crippen LogP contribution < -0.4 is 5.32 Å². The Balaban J connectivity index is 3.85. The van der Waals surface area contributed by atoms with Crippen LogP contribution in [-0.4, -0.2) is 34.8 Å². The van der Waals surface area contributed by atoms with Crippen molar-refractivity contribution in [2.45, 2.75) is 51.3 Å². The number of aliphatic hydroxyl groups is 1. The molecule has 0 saturated carbocycles. The monoisotopic (exact) mass is 219 g/mol. The van der Waals surface area contributed by atoms with Gasteiger partial charge < -0.3 is 10.4 Å². The van der Waals surface area contributed by atoms with Crippen molar-refractivity contribution in [2.24, 2.45) is 0 Å². The summed E-state index contributed by atoms with van der Waals surface area (Å²) in [5.41, 5.74) is -0.107. The molecule has 2 unspecified atom stereocenters. The van der Waals surface area contributed by atoms with Gasteiger partial charge in [0.15, 0.2) is 0 Å². The lowest BCUT2D eigenvalue weighted by Gasteiger charge is -2.29. The SMILES string of the molecule is CCCNC(C)(CO)CSC(C)CC. The van der Waals surface area contributed by atoms with Gasteiger partial charge in [-0.2, -0.15) is 11.8 Å². The van der Waals surface area contributed by atoms with Crippen LogP contribution in [0.25, 0.3) is 0 Å². The molecule has 86 valence electrons. The molecule has 0 heterocycles. The number of aliphatic hydroxyl groups excluding tert-OH is 1. The second-order valence-electron chi connectivity index (χ2n) is 4.18. The molecule has 0 saturated heterocycles. The lowest BCUT2D eigenvalue weighted by atomic mass is 10.1. The molecule has 0 aromatic heterocycles. The molecule has 2 atom stereocenters. The zero-order chi connectivity index (χ0) is 11.0. The number of rotatable bonds is 8. The van der Waals surface area contributed by atoms with E-state index in [0.717, 1.165) is 18.7 Å². The first kappa shape index (κ1) is 14.3. The third-order valence-corrected chi connectivity index (χ3v) is 4.12. The van der Waals surface area contributed by atoms with Crippen molar-refractivity contribution in [3.63, 3.8) is 0 Å². The summed E-state index contributed by atoms with van der Waals surface area (Å²) in [6.45, 7) is 9.88. The van der Waals surface area contributed by atoms with Crippen molar-refractivity contribution in [3.8, 4) is 0 Å². The predicted molar refractivity (Wildman–Crippen MR) is 66.0 cm³/mol. The Labute approximate surface area is 92.9 Å². The molecule has 0 aromatic rings. The van der Waals surface area contributed by atoms with Gasteiger partial charge in [-0.1, -0.05) is 20.8 Å². The van der Waals surface area contributed by atoms with Crippen molar-refractivity contribution in [1.29, 1.82) is 0 Å². The summed E-state index contributed by atoms with van der Waals surface area (Å²) in [5.74, 6) is 0.985. The Morgan fingerprint density at radius 2 is 2.07 bits per heavy atom. The van der Waals surface area contributed by atoms with Crippen LogP contribution in [0, 0.1) is 0 Å². The molecule has 0 fully saturated rings. The van der Waals surface area contributed by atoms with Gasteiger partial charge in [0.05, 0.1) is 6.61 Å². The van der Waals surface area contributed by atoms with Crippen LogP contribution in [0.1, 0.15) is 40.5 Å². The highest BCUT2D eigenvalue weighted by atomic mass is 32.2. The maximum Gasteiger partial charge on any atom is 0.0618 e. The number of nitrogens with one attached hydrogen (secondary N) is 1. The summed E-state index contributed by atoms with van der Waals surface area (Å²) in [5, 5.41) is 13.4. The van der Waals surface area contributed by atoms with Gasteiger partial charge in [0.2, 0.25) is 0 Å². The molecule has 14 heavy (non-hydrogen) atoms. The molecule has 2 N–H and O–H groups in total. The number of thioether (sulfide) groups is 1. The lowest BCUT2D eigenvalue weighted by molar-refractivity contribution is 0.192. The van der Waals surface area contributed by atoms with Gasteiger partial charge >= 0.3 is 0 Å². The standard InChI is InChI=1S/C11H25NOS/c1-5-7-12-11(4,8-13)9-14-10(3)6-2/h10,12-13H,5-9H2,1-4H3. The normalized spacial score (nSPS) is 17.8. The van der Waals surface area contributed by atoms with E-state index in [9.17, 15) is 5.11 Å². The molecule has 0 radical (unpaired) electrons. The van der Waals surface area contributed by atoms with Crippen LogP contribution in [0.3, 0.4) is 0 Å². The minimum absolute atomic E-state index is 0.107. The first-order valence-corrected chi connectivity index (χ1v) is 6.60. The van der Waals surface area contributed by atoms with E-state index in [1.807, 2.05) is 11.8 Å². The van der Waals surface area contributed by atoms with E-state index >= 15 is 0 Å². The quantitative estimate of drug-likeness (QED) is 0.657. The average molecular weight is 219 g/mol. The molecule has 0 aliphatic heterocycles. The van der Waals surface area contributed by atoms with Crippen molar-refractivity contribution in [2.75, 3.05) is 18.9 Å². The summed E-state index contributed by atoms with van der Waals surface area (Å²) in [7, 11) is 0. The van der Waals surface area contributed by atoms with Crippen molar-refractivity contribution < 1.29 is 5.11 Å². The molecule has 0 spiro atoms. The van der Waals surface area contributed by atoms with Crippen LogP contribution in [0.4, 0.5) is 0 Å². The molecule has 0 bridgehead atoms. The van der Waals surface area contributed by atoms with E-state index in [0.29, 0.717) is 5.25 Å². The smallest absolute Gasteiger partial charge is 0.0618 e. The summed E-state index contributed by atoms with van der Waals surface area (Å²) in [6, 6.07) is 0. The summed E-state index contributed by atoms with van der Waals surface area (Å²) < 4.78 is 0. The molecular formula is C11H25NOS. The number of hydrogen-bond donors (Lipinski definition) is 2. The first-order chi connectivity index (χ1) is 6.58. The Kier molecular flexibility index (Phi) is 7.69. The Bertz CT molecular complexity index is 143. The minimum atomic E-state index is -0.107. The van der Waals surface area contributed by atoms with Crippen molar-refractivity contribution >= 4 is 11.8 Å². The molecule has 3 heteroatoms. The Morgan fingerprint density at radius 1 is 1.43 bits per heavy atom. The second kappa shape index (κ2) is 7.55. The van der Waals surface area contributed by atoms with Crippen LogP contribution in [0.2, 0.25) is 0 Å². The fraction of sp³-hybridized carbons (Fsp3) is 1.00. The van der Waals surface area contributed by atoms with Gasteiger partial charge in [-0.25, -0.2) is 0 Å². The third kappa shape index (κ3) is 5.89. The van der Waals surface area contributed by atoms with Crippen LogP contribution in [-0.2, 0) is 0 Å². The maximum atomic E-state index is 9.32. The Hall–Kier alpha value is 0.270. The van der Waals surface area contributed by atoms with E-state index in [1.54, 1.807) is 0 Å². The van der Waals surface area contributed by atoms with Gasteiger partial charge in [-0.05, 0) is 26.3 Å². The number of hydrogen-bond acceptors (Lipinski definition) is 3. The van der Waals surface area contributed by atoms with Gasteiger partial charge in [0, 0.05) is 16.5 Å². The highest BCUT2D eigenvalue weighted by Crippen LogP contribution is 2.19. The maximum absolute atomic E-state index is 9.32. The van der Waals surface area contributed by atoms with Crippen LogP contribution in [0.5, 0.6) is 0 Å². The zero-order valence-electron chi connectivity index (χ0n) is 9.97. The highest BCUT2D eigenvalue weighted by molar-refractivity contribution is 7.99. The van der Waals surface area contributed by atoms with Crippen molar-refractivity contribution in [3.05, 3.63) is 0 Å². The van der Waals surface area contributed by atoms with E-state index in [1.165, 1.54) is 6.42 Å².